The second-order valence-corrected chi connectivity index (χ2v) is 5.68. The molecule has 26 heavy (non-hydrogen) atoms. The van der Waals surface area contributed by atoms with Crippen molar-refractivity contribution in [1.82, 2.24) is 9.88 Å². The number of para-hydroxylation sites is 2. The molecule has 0 bridgehead atoms. The van der Waals surface area contributed by atoms with Gasteiger partial charge in [0.2, 0.25) is 5.91 Å². The van der Waals surface area contributed by atoms with Gasteiger partial charge in [-0.25, -0.2) is 0 Å². The number of halogens is 3. The molecule has 0 saturated carbocycles. The summed E-state index contributed by atoms with van der Waals surface area (Å²) in [6.45, 7) is -0.200. The molecule has 138 valence electrons. The largest absolute Gasteiger partial charge is 0.486 e. The molecule has 1 aliphatic rings. The number of hydrogen-bond donors (Lipinski definition) is 1. The van der Waals surface area contributed by atoms with Gasteiger partial charge >= 0.3 is 6.18 Å². The number of alkyl halides is 3. The van der Waals surface area contributed by atoms with E-state index in [-0.39, 0.29) is 13.2 Å². The van der Waals surface area contributed by atoms with Gasteiger partial charge in [-0.15, -0.1) is 0 Å². The molecule has 0 saturated heterocycles. The number of benzene rings is 1. The summed E-state index contributed by atoms with van der Waals surface area (Å²) in [6, 6.07) is 8.53. The van der Waals surface area contributed by atoms with Crippen LogP contribution in [0, 0.1) is 0 Å². The first-order valence-corrected chi connectivity index (χ1v) is 7.76. The summed E-state index contributed by atoms with van der Waals surface area (Å²) in [5, 5.41) is 2.53. The van der Waals surface area contributed by atoms with Gasteiger partial charge in [0.15, 0.2) is 11.5 Å². The lowest BCUT2D eigenvalue weighted by molar-refractivity contribution is -0.138. The molecule has 1 atom stereocenters. The lowest BCUT2D eigenvalue weighted by atomic mass is 10.2. The van der Waals surface area contributed by atoms with Crippen molar-refractivity contribution >= 4 is 5.91 Å². The second-order valence-electron chi connectivity index (χ2n) is 5.68. The average molecular weight is 368 g/mol. The molecule has 0 radical (unpaired) electrons. The molecule has 2 heterocycles. The Morgan fingerprint density at radius 1 is 1.19 bits per heavy atom. The van der Waals surface area contributed by atoms with Crippen LogP contribution in [0.4, 0.5) is 13.2 Å². The van der Waals surface area contributed by atoms with Crippen LogP contribution in [0.3, 0.4) is 0 Å². The molecular weight excluding hydrogens is 353 g/mol. The third-order valence-electron chi connectivity index (χ3n) is 3.72. The van der Waals surface area contributed by atoms with Crippen LogP contribution in [0.2, 0.25) is 0 Å². The molecule has 1 aromatic heterocycles. The van der Waals surface area contributed by atoms with E-state index in [9.17, 15) is 22.8 Å². The Hall–Kier alpha value is -2.97. The van der Waals surface area contributed by atoms with Crippen molar-refractivity contribution in [3.8, 4) is 11.5 Å². The normalized spacial score (nSPS) is 16.2. The molecule has 2 aromatic rings. The number of nitrogens with zero attached hydrogens (tertiary/aromatic N) is 1. The number of fused-ring (bicyclic) bond motifs is 1. The van der Waals surface area contributed by atoms with Gasteiger partial charge in [-0.3, -0.25) is 9.59 Å². The third-order valence-corrected chi connectivity index (χ3v) is 3.72. The number of nitrogens with one attached hydrogen (secondary N) is 1. The minimum atomic E-state index is -4.59. The van der Waals surface area contributed by atoms with Crippen molar-refractivity contribution in [2.24, 2.45) is 0 Å². The van der Waals surface area contributed by atoms with Crippen molar-refractivity contribution in [2.75, 3.05) is 13.2 Å². The summed E-state index contributed by atoms with van der Waals surface area (Å²) >= 11 is 0. The quantitative estimate of drug-likeness (QED) is 0.894. The average Bonchev–Trinajstić information content (AvgIpc) is 2.60. The van der Waals surface area contributed by atoms with E-state index < -0.39 is 35.9 Å². The zero-order valence-electron chi connectivity index (χ0n) is 13.5. The topological polar surface area (TPSA) is 69.6 Å². The molecule has 3 rings (SSSR count). The smallest absolute Gasteiger partial charge is 0.417 e. The van der Waals surface area contributed by atoms with E-state index in [1.54, 1.807) is 24.3 Å². The van der Waals surface area contributed by atoms with Crippen LogP contribution in [0.15, 0.2) is 47.4 Å². The first kappa shape index (κ1) is 17.8. The Balaban J connectivity index is 1.58. The number of rotatable bonds is 4. The standard InChI is InChI=1S/C17H15F3N2O4/c18-17(19,20)11-5-6-16(24)22(8-11)9-15(23)21-7-12-10-25-13-3-1-2-4-14(13)26-12/h1-6,8,12H,7,9-10H2,(H,21,23)/t12-/m0/s1. The SMILES string of the molecule is O=C(Cn1cc(C(F)(F)F)ccc1=O)NC[C@H]1COc2ccccc2O1. The van der Waals surface area contributed by atoms with Gasteiger partial charge in [-0.1, -0.05) is 12.1 Å². The molecule has 0 fully saturated rings. The predicted octanol–water partition coefficient (Wildman–Crippen LogP) is 1.82. The maximum atomic E-state index is 12.7. The minimum absolute atomic E-state index is 0.0981. The summed E-state index contributed by atoms with van der Waals surface area (Å²) in [5.41, 5.74) is -1.69. The highest BCUT2D eigenvalue weighted by Crippen LogP contribution is 2.30. The Kier molecular flexibility index (Phi) is 4.88. The fourth-order valence-corrected chi connectivity index (χ4v) is 2.42. The highest BCUT2D eigenvalue weighted by Gasteiger charge is 2.31. The van der Waals surface area contributed by atoms with Crippen LogP contribution in [0.25, 0.3) is 0 Å². The van der Waals surface area contributed by atoms with Crippen LogP contribution >= 0.6 is 0 Å². The molecule has 0 aliphatic carbocycles. The van der Waals surface area contributed by atoms with Crippen molar-refractivity contribution in [2.45, 2.75) is 18.8 Å². The lowest BCUT2D eigenvalue weighted by Crippen LogP contribution is -2.42. The van der Waals surface area contributed by atoms with Gasteiger partial charge < -0.3 is 19.4 Å². The van der Waals surface area contributed by atoms with Crippen molar-refractivity contribution in [3.05, 3.63) is 58.5 Å². The van der Waals surface area contributed by atoms with E-state index in [1.807, 2.05) is 0 Å². The molecule has 0 unspecified atom stereocenters. The summed E-state index contributed by atoms with van der Waals surface area (Å²) in [6.07, 6.45) is -4.41. The Morgan fingerprint density at radius 2 is 1.92 bits per heavy atom. The van der Waals surface area contributed by atoms with Gasteiger partial charge in [-0.2, -0.15) is 13.2 Å². The summed E-state index contributed by atoms with van der Waals surface area (Å²) in [5.74, 6) is 0.548. The van der Waals surface area contributed by atoms with Crippen LogP contribution < -0.4 is 20.3 Å². The van der Waals surface area contributed by atoms with Gasteiger partial charge in [0, 0.05) is 12.3 Å². The molecule has 9 heteroatoms. The lowest BCUT2D eigenvalue weighted by Gasteiger charge is -2.26. The minimum Gasteiger partial charge on any atom is -0.486 e. The number of ether oxygens (including phenoxy) is 2. The van der Waals surface area contributed by atoms with Gasteiger partial charge in [0.1, 0.15) is 19.3 Å². The van der Waals surface area contributed by atoms with E-state index in [4.69, 9.17) is 9.47 Å². The fourth-order valence-electron chi connectivity index (χ4n) is 2.42. The van der Waals surface area contributed by atoms with E-state index in [0.29, 0.717) is 28.3 Å². The second kappa shape index (κ2) is 7.11. The highest BCUT2D eigenvalue weighted by molar-refractivity contribution is 5.75. The van der Waals surface area contributed by atoms with E-state index in [1.165, 1.54) is 0 Å². The Bertz CT molecular complexity index is 864. The monoisotopic (exact) mass is 368 g/mol. The van der Waals surface area contributed by atoms with E-state index in [2.05, 4.69) is 5.32 Å². The predicted molar refractivity (Wildman–Crippen MR) is 85.1 cm³/mol. The maximum Gasteiger partial charge on any atom is 0.417 e. The Labute approximate surface area is 146 Å². The molecular formula is C17H15F3N2O4. The summed E-state index contributed by atoms with van der Waals surface area (Å²) < 4.78 is 50.0. The van der Waals surface area contributed by atoms with Crippen molar-refractivity contribution in [3.63, 3.8) is 0 Å². The zero-order chi connectivity index (χ0) is 18.7. The van der Waals surface area contributed by atoms with Crippen LogP contribution in [0.1, 0.15) is 5.56 Å². The molecule has 6 nitrogen and oxygen atoms in total. The van der Waals surface area contributed by atoms with Crippen molar-refractivity contribution in [1.29, 1.82) is 0 Å². The van der Waals surface area contributed by atoms with Crippen LogP contribution in [-0.2, 0) is 17.5 Å². The molecule has 0 spiro atoms. The number of carbonyl (C=O) groups excluding carboxylic acids is 1. The van der Waals surface area contributed by atoms with Gasteiger partial charge in [0.25, 0.3) is 5.56 Å². The number of pyridine rings is 1. The number of carbonyl (C=O) groups is 1. The maximum absolute atomic E-state index is 12.7. The first-order valence-electron chi connectivity index (χ1n) is 7.76. The number of hydrogen-bond acceptors (Lipinski definition) is 4. The first-order chi connectivity index (χ1) is 12.3. The Morgan fingerprint density at radius 3 is 2.65 bits per heavy atom. The summed E-state index contributed by atoms with van der Waals surface area (Å²) in [4.78, 5) is 23.6. The number of amides is 1. The molecule has 1 aliphatic heterocycles. The molecule has 1 N–H and O–H groups in total. The highest BCUT2D eigenvalue weighted by atomic mass is 19.4. The third kappa shape index (κ3) is 4.16. The number of aromatic nitrogens is 1. The van der Waals surface area contributed by atoms with Crippen LogP contribution in [-0.4, -0.2) is 29.7 Å². The van der Waals surface area contributed by atoms with E-state index in [0.717, 1.165) is 6.07 Å². The van der Waals surface area contributed by atoms with Crippen LogP contribution in [0.5, 0.6) is 11.5 Å². The molecule has 1 amide bonds. The fraction of sp³-hybridized carbons (Fsp3) is 0.294. The summed E-state index contributed by atoms with van der Waals surface area (Å²) in [7, 11) is 0. The molecule has 1 aromatic carbocycles. The van der Waals surface area contributed by atoms with Gasteiger partial charge in [0.05, 0.1) is 12.1 Å². The zero-order valence-corrected chi connectivity index (χ0v) is 13.5. The van der Waals surface area contributed by atoms with Gasteiger partial charge in [-0.05, 0) is 18.2 Å². The van der Waals surface area contributed by atoms with E-state index >= 15 is 0 Å². The van der Waals surface area contributed by atoms with Crippen molar-refractivity contribution < 1.29 is 27.4 Å².